The molecule has 104 valence electrons. The van der Waals surface area contributed by atoms with Crippen molar-refractivity contribution in [2.45, 2.75) is 72.4 Å². The molecule has 0 aliphatic heterocycles. The Balaban J connectivity index is 2.57. The molecule has 0 aromatic carbocycles. The zero-order chi connectivity index (χ0) is 13.6. The second kappa shape index (κ2) is 7.24. The van der Waals surface area contributed by atoms with Gasteiger partial charge in [-0.1, -0.05) is 58.8 Å². The molecule has 1 rings (SSSR count). The summed E-state index contributed by atoms with van der Waals surface area (Å²) >= 11 is 0. The maximum Gasteiger partial charge on any atom is 0.244 e. The highest BCUT2D eigenvalue weighted by Crippen LogP contribution is 2.36. The van der Waals surface area contributed by atoms with Crippen LogP contribution in [-0.4, -0.2) is 9.04 Å². The molecule has 0 radical (unpaired) electrons. The van der Waals surface area contributed by atoms with E-state index in [-0.39, 0.29) is 5.41 Å². The lowest BCUT2D eigenvalue weighted by Crippen LogP contribution is -2.23. The minimum absolute atomic E-state index is 0.270. The normalized spacial score (nSPS) is 19.2. The van der Waals surface area contributed by atoms with Crippen LogP contribution in [0.4, 0.5) is 0 Å². The van der Waals surface area contributed by atoms with Gasteiger partial charge < -0.3 is 4.43 Å². The molecule has 18 heavy (non-hydrogen) atoms. The van der Waals surface area contributed by atoms with Gasteiger partial charge in [-0.25, -0.2) is 0 Å². The first-order valence-corrected chi connectivity index (χ1v) is 10.3. The Kier molecular flexibility index (Phi) is 6.28. The SMILES string of the molecule is C[SiH](C)OC#CC(CC1CCCCC1)C(C)(C)C. The molecule has 2 heteroatoms. The molecule has 0 N–H and O–H groups in total. The third kappa shape index (κ3) is 5.95. The van der Waals surface area contributed by atoms with E-state index in [4.69, 9.17) is 4.43 Å². The van der Waals surface area contributed by atoms with E-state index in [9.17, 15) is 0 Å². The maximum absolute atomic E-state index is 5.53. The van der Waals surface area contributed by atoms with Crippen LogP contribution in [0.3, 0.4) is 0 Å². The molecule has 1 aliphatic carbocycles. The van der Waals surface area contributed by atoms with Crippen molar-refractivity contribution in [3.63, 3.8) is 0 Å². The molecular weight excluding hydrogens is 236 g/mol. The molecule has 1 saturated carbocycles. The van der Waals surface area contributed by atoms with Gasteiger partial charge in [0.15, 0.2) is 0 Å². The van der Waals surface area contributed by atoms with E-state index < -0.39 is 9.04 Å². The Morgan fingerprint density at radius 3 is 2.28 bits per heavy atom. The minimum Gasteiger partial charge on any atom is -0.505 e. The summed E-state index contributed by atoms with van der Waals surface area (Å²) in [6.45, 7) is 11.3. The van der Waals surface area contributed by atoms with E-state index in [1.807, 2.05) is 0 Å². The second-order valence-corrected chi connectivity index (χ2v) is 9.40. The second-order valence-electron chi connectivity index (χ2n) is 7.07. The van der Waals surface area contributed by atoms with Crippen LogP contribution in [0.2, 0.25) is 13.1 Å². The van der Waals surface area contributed by atoms with Crippen molar-refractivity contribution in [3.8, 4) is 12.0 Å². The van der Waals surface area contributed by atoms with Gasteiger partial charge >= 0.3 is 0 Å². The predicted octanol–water partition coefficient (Wildman–Crippen LogP) is 4.58. The van der Waals surface area contributed by atoms with E-state index in [1.165, 1.54) is 38.5 Å². The van der Waals surface area contributed by atoms with Crippen molar-refractivity contribution in [3.05, 3.63) is 0 Å². The van der Waals surface area contributed by atoms with Crippen molar-refractivity contribution in [2.24, 2.45) is 17.3 Å². The van der Waals surface area contributed by atoms with Crippen LogP contribution in [0.15, 0.2) is 0 Å². The van der Waals surface area contributed by atoms with Gasteiger partial charge in [0.25, 0.3) is 0 Å². The summed E-state index contributed by atoms with van der Waals surface area (Å²) in [6.07, 6.45) is 11.4. The first-order chi connectivity index (χ1) is 8.39. The standard InChI is InChI=1S/C16H30OSi/c1-16(2,3)15(11-12-17-18(4)5)13-14-9-7-6-8-10-14/h14-15,18H,6-10,13H2,1-5H3. The minimum atomic E-state index is -1.00. The zero-order valence-corrected chi connectivity index (χ0v) is 14.0. The van der Waals surface area contributed by atoms with Gasteiger partial charge in [0.05, 0.1) is 6.11 Å². The van der Waals surface area contributed by atoms with Crippen LogP contribution < -0.4 is 0 Å². The van der Waals surface area contributed by atoms with Gasteiger partial charge in [-0.05, 0) is 30.8 Å². The Bertz CT molecular complexity index is 286. The van der Waals surface area contributed by atoms with Crippen LogP contribution in [0.25, 0.3) is 0 Å². The third-order valence-electron chi connectivity index (χ3n) is 3.87. The number of rotatable bonds is 3. The van der Waals surface area contributed by atoms with Crippen molar-refractivity contribution in [1.29, 1.82) is 0 Å². The molecule has 1 unspecified atom stereocenters. The number of hydrogen-bond acceptors (Lipinski definition) is 1. The summed E-state index contributed by atoms with van der Waals surface area (Å²) in [7, 11) is -1.00. The Labute approximate surface area is 115 Å². The van der Waals surface area contributed by atoms with Crippen LogP contribution >= 0.6 is 0 Å². The summed E-state index contributed by atoms with van der Waals surface area (Å²) in [4.78, 5) is 0. The average molecular weight is 267 g/mol. The van der Waals surface area contributed by atoms with Gasteiger partial charge in [-0.3, -0.25) is 0 Å². The average Bonchev–Trinajstić information content (AvgIpc) is 2.27. The van der Waals surface area contributed by atoms with Crippen LogP contribution in [0, 0.1) is 29.3 Å². The van der Waals surface area contributed by atoms with E-state index in [1.54, 1.807) is 0 Å². The third-order valence-corrected chi connectivity index (χ3v) is 4.46. The molecule has 0 amide bonds. The van der Waals surface area contributed by atoms with Crippen LogP contribution in [-0.2, 0) is 4.43 Å². The lowest BCUT2D eigenvalue weighted by Gasteiger charge is -2.31. The van der Waals surface area contributed by atoms with Crippen LogP contribution in [0.1, 0.15) is 59.3 Å². The lowest BCUT2D eigenvalue weighted by atomic mass is 9.73. The molecule has 0 heterocycles. The predicted molar refractivity (Wildman–Crippen MR) is 81.9 cm³/mol. The van der Waals surface area contributed by atoms with Crippen molar-refractivity contribution >= 4 is 9.04 Å². The molecule has 0 aromatic heterocycles. The summed E-state index contributed by atoms with van der Waals surface area (Å²) in [5, 5.41) is 0. The fraction of sp³-hybridized carbons (Fsp3) is 0.875. The van der Waals surface area contributed by atoms with Crippen molar-refractivity contribution in [2.75, 3.05) is 0 Å². The van der Waals surface area contributed by atoms with E-state index >= 15 is 0 Å². The monoisotopic (exact) mass is 266 g/mol. The summed E-state index contributed by atoms with van der Waals surface area (Å²) in [5.41, 5.74) is 0.270. The topological polar surface area (TPSA) is 9.23 Å². The molecule has 1 fully saturated rings. The molecule has 1 nitrogen and oxygen atoms in total. The molecule has 0 spiro atoms. The quantitative estimate of drug-likeness (QED) is 0.536. The Morgan fingerprint density at radius 1 is 1.17 bits per heavy atom. The first kappa shape index (κ1) is 15.6. The molecular formula is C16H30OSi. The molecule has 0 saturated heterocycles. The summed E-state index contributed by atoms with van der Waals surface area (Å²) < 4.78 is 5.53. The summed E-state index contributed by atoms with van der Waals surface area (Å²) in [5.74, 6) is 4.78. The van der Waals surface area contributed by atoms with Crippen molar-refractivity contribution in [1.82, 2.24) is 0 Å². The van der Waals surface area contributed by atoms with Gasteiger partial charge in [0.2, 0.25) is 9.04 Å². The fourth-order valence-electron chi connectivity index (χ4n) is 2.61. The maximum atomic E-state index is 5.53. The highest BCUT2D eigenvalue weighted by Gasteiger charge is 2.27. The molecule has 1 atom stereocenters. The Morgan fingerprint density at radius 2 is 1.78 bits per heavy atom. The summed E-state index contributed by atoms with van der Waals surface area (Å²) in [6, 6.07) is 0. The fourth-order valence-corrected chi connectivity index (χ4v) is 2.91. The van der Waals surface area contributed by atoms with Crippen molar-refractivity contribution < 1.29 is 4.43 Å². The van der Waals surface area contributed by atoms with E-state index in [2.05, 4.69) is 45.9 Å². The van der Waals surface area contributed by atoms with Gasteiger partial charge in [-0.15, -0.1) is 0 Å². The molecule has 0 bridgehead atoms. The molecule has 0 aromatic rings. The highest BCUT2D eigenvalue weighted by molar-refractivity contribution is 6.48. The van der Waals surface area contributed by atoms with Gasteiger partial charge in [0, 0.05) is 5.92 Å². The Hall–Kier alpha value is -0.423. The largest absolute Gasteiger partial charge is 0.505 e. The molecule has 1 aliphatic rings. The van der Waals surface area contributed by atoms with Gasteiger partial charge in [-0.2, -0.15) is 0 Å². The lowest BCUT2D eigenvalue weighted by molar-refractivity contribution is 0.221. The van der Waals surface area contributed by atoms with Gasteiger partial charge in [0.1, 0.15) is 0 Å². The number of hydrogen-bond donors (Lipinski definition) is 0. The van der Waals surface area contributed by atoms with E-state index in [0.717, 1.165) is 5.92 Å². The van der Waals surface area contributed by atoms with E-state index in [0.29, 0.717) is 5.92 Å². The first-order valence-electron chi connectivity index (χ1n) is 7.55. The highest BCUT2D eigenvalue weighted by atomic mass is 28.3. The zero-order valence-electron chi connectivity index (χ0n) is 12.9. The van der Waals surface area contributed by atoms with Crippen LogP contribution in [0.5, 0.6) is 0 Å². The smallest absolute Gasteiger partial charge is 0.244 e.